The molecule has 2 rings (SSSR count). The van der Waals surface area contributed by atoms with Crippen LogP contribution in [0.5, 0.6) is 0 Å². The summed E-state index contributed by atoms with van der Waals surface area (Å²) in [6.07, 6.45) is -3.99. The number of thiazole rings is 1. The van der Waals surface area contributed by atoms with E-state index in [0.717, 1.165) is 4.88 Å². The maximum Gasteiger partial charge on any atom is 0.391 e. The molecule has 1 saturated heterocycles. The molecular formula is C13H17F3N2O2S. The Morgan fingerprint density at radius 3 is 2.57 bits per heavy atom. The molecule has 0 atom stereocenters. The van der Waals surface area contributed by atoms with Gasteiger partial charge in [-0.3, -0.25) is 0 Å². The number of piperidine rings is 1. The van der Waals surface area contributed by atoms with Crippen LogP contribution in [-0.2, 0) is 4.74 Å². The molecule has 2 heterocycles. The summed E-state index contributed by atoms with van der Waals surface area (Å²) in [6, 6.07) is 0. The molecule has 1 aromatic heterocycles. The molecule has 1 aliphatic rings. The van der Waals surface area contributed by atoms with Gasteiger partial charge in [-0.1, -0.05) is 0 Å². The van der Waals surface area contributed by atoms with Crippen molar-refractivity contribution in [2.75, 3.05) is 24.6 Å². The van der Waals surface area contributed by atoms with Gasteiger partial charge in [-0.15, -0.1) is 11.3 Å². The van der Waals surface area contributed by atoms with Crippen LogP contribution in [0.1, 0.15) is 35.1 Å². The lowest BCUT2D eigenvalue weighted by Crippen LogP contribution is -2.39. The lowest BCUT2D eigenvalue weighted by molar-refractivity contribution is -0.179. The van der Waals surface area contributed by atoms with Gasteiger partial charge in [0.1, 0.15) is 0 Å². The Labute approximate surface area is 124 Å². The minimum absolute atomic E-state index is 0.0663. The van der Waals surface area contributed by atoms with Crippen molar-refractivity contribution in [3.05, 3.63) is 10.6 Å². The molecule has 4 nitrogen and oxygen atoms in total. The molecule has 0 spiro atoms. The van der Waals surface area contributed by atoms with E-state index in [1.165, 1.54) is 11.3 Å². The third-order valence-corrected chi connectivity index (χ3v) is 4.51. The quantitative estimate of drug-likeness (QED) is 0.800. The molecule has 1 aliphatic heterocycles. The van der Waals surface area contributed by atoms with Crippen molar-refractivity contribution >= 4 is 22.4 Å². The van der Waals surface area contributed by atoms with E-state index in [2.05, 4.69) is 4.98 Å². The number of nitrogens with zero attached hydrogens (tertiary/aromatic N) is 2. The van der Waals surface area contributed by atoms with Crippen LogP contribution in [0.4, 0.5) is 18.3 Å². The highest BCUT2D eigenvalue weighted by Crippen LogP contribution is 2.36. The molecule has 0 aromatic carbocycles. The number of hydrogen-bond acceptors (Lipinski definition) is 5. The number of alkyl halides is 3. The summed E-state index contributed by atoms with van der Waals surface area (Å²) in [5.41, 5.74) is 0.259. The zero-order valence-corrected chi connectivity index (χ0v) is 12.7. The van der Waals surface area contributed by atoms with E-state index in [-0.39, 0.29) is 25.1 Å². The van der Waals surface area contributed by atoms with Crippen LogP contribution in [-0.4, -0.2) is 36.8 Å². The van der Waals surface area contributed by atoms with Gasteiger partial charge in [-0.25, -0.2) is 9.78 Å². The summed E-state index contributed by atoms with van der Waals surface area (Å²) in [4.78, 5) is 18.5. The van der Waals surface area contributed by atoms with Crippen molar-refractivity contribution in [2.24, 2.45) is 5.92 Å². The van der Waals surface area contributed by atoms with Gasteiger partial charge >= 0.3 is 12.1 Å². The zero-order chi connectivity index (χ0) is 15.6. The summed E-state index contributed by atoms with van der Waals surface area (Å²) >= 11 is 1.32. The second-order valence-corrected chi connectivity index (χ2v) is 6.11. The third-order valence-electron chi connectivity index (χ3n) is 3.48. The number of esters is 1. The Morgan fingerprint density at radius 1 is 1.43 bits per heavy atom. The topological polar surface area (TPSA) is 42.4 Å². The molecule has 0 bridgehead atoms. The van der Waals surface area contributed by atoms with Crippen molar-refractivity contribution in [3.8, 4) is 0 Å². The number of carbonyl (C=O) groups is 1. The zero-order valence-electron chi connectivity index (χ0n) is 11.9. The number of carbonyl (C=O) groups excluding carboxylic acids is 1. The van der Waals surface area contributed by atoms with E-state index in [4.69, 9.17) is 4.74 Å². The molecule has 1 aromatic rings. The van der Waals surface area contributed by atoms with E-state index in [0.29, 0.717) is 18.2 Å². The Bertz CT molecular complexity index is 508. The third kappa shape index (κ3) is 3.66. The van der Waals surface area contributed by atoms with Crippen LogP contribution in [0, 0.1) is 12.8 Å². The highest BCUT2D eigenvalue weighted by Gasteiger charge is 2.41. The lowest BCUT2D eigenvalue weighted by atomic mass is 9.97. The van der Waals surface area contributed by atoms with Crippen LogP contribution < -0.4 is 4.90 Å². The molecule has 1 fully saturated rings. The molecule has 0 aliphatic carbocycles. The average Bonchev–Trinajstić information content (AvgIpc) is 2.80. The Hall–Kier alpha value is -1.31. The molecule has 0 radical (unpaired) electrons. The number of aromatic nitrogens is 1. The summed E-state index contributed by atoms with van der Waals surface area (Å²) in [6.45, 7) is 4.35. The Balaban J connectivity index is 2.04. The van der Waals surface area contributed by atoms with Crippen LogP contribution in [0.2, 0.25) is 0 Å². The van der Waals surface area contributed by atoms with Crippen molar-refractivity contribution < 1.29 is 22.7 Å². The van der Waals surface area contributed by atoms with E-state index in [1.54, 1.807) is 13.8 Å². The van der Waals surface area contributed by atoms with Gasteiger partial charge in [0.05, 0.1) is 12.5 Å². The van der Waals surface area contributed by atoms with Crippen LogP contribution in [0.3, 0.4) is 0 Å². The predicted octanol–water partition coefficient (Wildman–Crippen LogP) is 3.41. The number of aryl methyl sites for hydroxylation is 1. The number of hydrogen-bond donors (Lipinski definition) is 0. The van der Waals surface area contributed by atoms with E-state index >= 15 is 0 Å². The van der Waals surface area contributed by atoms with Gasteiger partial charge in [-0.05, 0) is 26.7 Å². The van der Waals surface area contributed by atoms with E-state index < -0.39 is 18.1 Å². The highest BCUT2D eigenvalue weighted by molar-refractivity contribution is 7.15. The summed E-state index contributed by atoms with van der Waals surface area (Å²) in [5.74, 6) is -1.72. The second-order valence-electron chi connectivity index (χ2n) is 4.92. The van der Waals surface area contributed by atoms with E-state index in [9.17, 15) is 18.0 Å². The molecular weight excluding hydrogens is 305 g/mol. The fraction of sp³-hybridized carbons (Fsp3) is 0.692. The van der Waals surface area contributed by atoms with Crippen LogP contribution in [0.25, 0.3) is 0 Å². The summed E-state index contributed by atoms with van der Waals surface area (Å²) < 4.78 is 42.8. The molecule has 0 saturated carbocycles. The number of halogens is 3. The molecule has 0 unspecified atom stereocenters. The van der Waals surface area contributed by atoms with Crippen LogP contribution >= 0.6 is 11.3 Å². The number of ether oxygens (including phenoxy) is 1. The first-order chi connectivity index (χ1) is 9.82. The lowest BCUT2D eigenvalue weighted by Gasteiger charge is -2.32. The SMILES string of the molecule is CCOC(=O)c1nc(N2CCC(C(F)(F)F)CC2)sc1C. The molecule has 0 amide bonds. The summed E-state index contributed by atoms with van der Waals surface area (Å²) in [7, 11) is 0. The molecule has 21 heavy (non-hydrogen) atoms. The van der Waals surface area contributed by atoms with Gasteiger partial charge in [0.25, 0.3) is 0 Å². The van der Waals surface area contributed by atoms with Gasteiger partial charge in [0, 0.05) is 18.0 Å². The van der Waals surface area contributed by atoms with Gasteiger partial charge < -0.3 is 9.64 Å². The maximum absolute atomic E-state index is 12.6. The average molecular weight is 322 g/mol. The molecule has 8 heteroatoms. The standard InChI is InChI=1S/C13H17F3N2O2S/c1-3-20-11(19)10-8(2)21-12(17-10)18-6-4-9(5-7-18)13(14,15)16/h9H,3-7H2,1-2H3. The Morgan fingerprint density at radius 2 is 2.05 bits per heavy atom. The van der Waals surface area contributed by atoms with Crippen molar-refractivity contribution in [1.82, 2.24) is 4.98 Å². The first kappa shape index (κ1) is 16.1. The van der Waals surface area contributed by atoms with Gasteiger partial charge in [0.2, 0.25) is 0 Å². The van der Waals surface area contributed by atoms with Crippen molar-refractivity contribution in [3.63, 3.8) is 0 Å². The first-order valence-corrected chi connectivity index (χ1v) is 7.60. The number of rotatable bonds is 3. The first-order valence-electron chi connectivity index (χ1n) is 6.79. The monoisotopic (exact) mass is 322 g/mol. The van der Waals surface area contributed by atoms with Crippen molar-refractivity contribution in [1.29, 1.82) is 0 Å². The van der Waals surface area contributed by atoms with E-state index in [1.807, 2.05) is 4.90 Å². The largest absolute Gasteiger partial charge is 0.461 e. The highest BCUT2D eigenvalue weighted by atomic mass is 32.1. The predicted molar refractivity (Wildman–Crippen MR) is 73.8 cm³/mol. The molecule has 0 N–H and O–H groups in total. The minimum atomic E-state index is -4.12. The van der Waals surface area contributed by atoms with Gasteiger partial charge in [-0.2, -0.15) is 13.2 Å². The smallest absolute Gasteiger partial charge is 0.391 e. The second kappa shape index (κ2) is 6.21. The fourth-order valence-corrected chi connectivity index (χ4v) is 3.25. The minimum Gasteiger partial charge on any atom is -0.461 e. The summed E-state index contributed by atoms with van der Waals surface area (Å²) in [5, 5.41) is 0.594. The Kier molecular flexibility index (Phi) is 4.75. The van der Waals surface area contributed by atoms with Gasteiger partial charge in [0.15, 0.2) is 10.8 Å². The normalized spacial score (nSPS) is 17.1. The maximum atomic E-state index is 12.6. The van der Waals surface area contributed by atoms with Crippen molar-refractivity contribution in [2.45, 2.75) is 32.9 Å². The molecule has 118 valence electrons. The fourth-order valence-electron chi connectivity index (χ4n) is 2.30. The van der Waals surface area contributed by atoms with Crippen LogP contribution in [0.15, 0.2) is 0 Å². The number of anilines is 1.